The minimum Gasteiger partial charge on any atom is -0.524 e. The molecule has 2 nitrogen and oxygen atoms in total. The van der Waals surface area contributed by atoms with E-state index in [0.717, 1.165) is 17.7 Å². The maximum Gasteiger partial charge on any atom is 1.00 e. The Kier molecular flexibility index (Phi) is 8.20. The van der Waals surface area contributed by atoms with Gasteiger partial charge < -0.3 is 18.7 Å². The van der Waals surface area contributed by atoms with E-state index in [1.165, 1.54) is 5.56 Å². The first kappa shape index (κ1) is 15.0. The van der Waals surface area contributed by atoms with Gasteiger partial charge >= 0.3 is 18.9 Å². The molecule has 0 amide bonds. The molecule has 1 rings (SSSR count). The van der Waals surface area contributed by atoms with E-state index in [4.69, 9.17) is 9.47 Å². The van der Waals surface area contributed by atoms with Crippen LogP contribution in [0, 0.1) is 6.92 Å². The molecule has 0 saturated carbocycles. The summed E-state index contributed by atoms with van der Waals surface area (Å²) in [6.45, 7) is 6.00. The summed E-state index contributed by atoms with van der Waals surface area (Å²) < 4.78 is 10.7. The topological polar surface area (TPSA) is 18.5 Å². The zero-order valence-corrected chi connectivity index (χ0v) is 10.7. The summed E-state index contributed by atoms with van der Waals surface area (Å²) in [5.74, 6) is 0.893. The first-order valence-corrected chi connectivity index (χ1v) is 5.27. The van der Waals surface area contributed by atoms with Crippen LogP contribution in [0.5, 0.6) is 5.75 Å². The number of hydrogen-bond donors (Lipinski definition) is 0. The number of ether oxygens (including phenoxy) is 2. The molecule has 0 aromatic heterocycles. The van der Waals surface area contributed by atoms with Gasteiger partial charge in [-0.2, -0.15) is 0 Å². The Morgan fingerprint density at radius 1 is 1.27 bits per heavy atom. The summed E-state index contributed by atoms with van der Waals surface area (Å²) in [6.07, 6.45) is 0. The number of benzene rings is 1. The molecule has 1 aromatic rings. The van der Waals surface area contributed by atoms with Gasteiger partial charge in [0.25, 0.3) is 0 Å². The maximum absolute atomic E-state index is 5.50. The van der Waals surface area contributed by atoms with Crippen LogP contribution < -0.4 is 28.9 Å². The molecule has 0 atom stereocenters. The van der Waals surface area contributed by atoms with E-state index in [9.17, 15) is 0 Å². The van der Waals surface area contributed by atoms with Crippen molar-refractivity contribution < 1.29 is 28.3 Å². The van der Waals surface area contributed by atoms with Gasteiger partial charge in [-0.25, -0.2) is 5.30 Å². The molecule has 0 spiro atoms. The molecular weight excluding hydrogens is 202 g/mol. The molecule has 0 unspecified atom stereocenters. The molecule has 0 saturated heterocycles. The Morgan fingerprint density at radius 2 is 2.00 bits per heavy atom. The zero-order valence-electron chi connectivity index (χ0n) is 9.67. The molecule has 1 aromatic carbocycles. The van der Waals surface area contributed by atoms with Gasteiger partial charge in [-0.3, -0.25) is 0 Å². The number of rotatable bonds is 5. The van der Waals surface area contributed by atoms with Crippen molar-refractivity contribution in [1.82, 2.24) is 0 Å². The fourth-order valence-electron chi connectivity index (χ4n) is 1.09. The van der Waals surface area contributed by atoms with Crippen LogP contribution in [-0.4, -0.2) is 19.8 Å². The molecule has 0 radical (unpaired) electrons. The molecule has 0 aliphatic heterocycles. The van der Waals surface area contributed by atoms with Crippen LogP contribution in [0.4, 0.5) is 0 Å². The second-order valence-corrected chi connectivity index (χ2v) is 3.56. The average Bonchev–Trinajstić information content (AvgIpc) is 2.18. The van der Waals surface area contributed by atoms with Gasteiger partial charge in [0.05, 0.1) is 6.61 Å². The van der Waals surface area contributed by atoms with Crippen molar-refractivity contribution in [3.63, 3.8) is 0 Å². The summed E-state index contributed by atoms with van der Waals surface area (Å²) in [5, 5.41) is 1.10. The first-order valence-electron chi connectivity index (χ1n) is 4.77. The second-order valence-electron chi connectivity index (χ2n) is 3.02. The van der Waals surface area contributed by atoms with Crippen molar-refractivity contribution in [1.29, 1.82) is 0 Å². The molecule has 0 fully saturated rings. The van der Waals surface area contributed by atoms with Crippen LogP contribution in [0.1, 0.15) is 12.5 Å². The monoisotopic (exact) mass is 218 g/mol. The van der Waals surface area contributed by atoms with E-state index < -0.39 is 0 Å². The second kappa shape index (κ2) is 8.19. The Labute approximate surface area is 106 Å². The van der Waals surface area contributed by atoms with Crippen LogP contribution in [0.2, 0.25) is 0 Å². The molecular formula is C11H16LiO2P. The third-order valence-electron chi connectivity index (χ3n) is 1.90. The van der Waals surface area contributed by atoms with Crippen LogP contribution in [0.15, 0.2) is 18.2 Å². The molecule has 0 aliphatic rings. The molecule has 78 valence electrons. The SMILES string of the molecule is CCOCCOc1ccc([PH-])c(C)c1.[Li+]. The van der Waals surface area contributed by atoms with Crippen molar-refractivity contribution in [2.45, 2.75) is 13.8 Å². The fraction of sp³-hybridized carbons (Fsp3) is 0.455. The molecule has 15 heavy (non-hydrogen) atoms. The standard InChI is InChI=1S/C11H16O2P.Li/c1-3-12-6-7-13-10-4-5-11(14)9(2)8-10;/h4-5,8,14H,3,6-7H2,1-2H3;/q-1;+1. The van der Waals surface area contributed by atoms with Gasteiger partial charge in [0.1, 0.15) is 12.4 Å². The molecule has 0 aliphatic carbocycles. The van der Waals surface area contributed by atoms with E-state index >= 15 is 0 Å². The Morgan fingerprint density at radius 3 is 2.60 bits per heavy atom. The van der Waals surface area contributed by atoms with E-state index in [1.807, 2.05) is 32.0 Å². The fourth-order valence-corrected chi connectivity index (χ4v) is 1.24. The van der Waals surface area contributed by atoms with Crippen LogP contribution >= 0.6 is 9.24 Å². The van der Waals surface area contributed by atoms with Gasteiger partial charge in [0.2, 0.25) is 0 Å². The molecule has 4 heteroatoms. The van der Waals surface area contributed by atoms with Gasteiger partial charge in [0.15, 0.2) is 0 Å². The third kappa shape index (κ3) is 5.59. The summed E-state index contributed by atoms with van der Waals surface area (Å²) in [4.78, 5) is 0. The minimum absolute atomic E-state index is 0. The predicted octanol–water partition coefficient (Wildman–Crippen LogP) is -0.818. The quantitative estimate of drug-likeness (QED) is 0.365. The van der Waals surface area contributed by atoms with Crippen molar-refractivity contribution in [3.8, 4) is 5.75 Å². The van der Waals surface area contributed by atoms with Crippen LogP contribution in [-0.2, 0) is 4.74 Å². The minimum atomic E-state index is 0. The summed E-state index contributed by atoms with van der Waals surface area (Å²) >= 11 is 0. The Balaban J connectivity index is 0.00000196. The van der Waals surface area contributed by atoms with Gasteiger partial charge in [0, 0.05) is 6.61 Å². The van der Waals surface area contributed by atoms with E-state index in [-0.39, 0.29) is 18.9 Å². The summed E-state index contributed by atoms with van der Waals surface area (Å²) in [6, 6.07) is 5.94. The summed E-state index contributed by atoms with van der Waals surface area (Å²) in [7, 11) is 3.49. The van der Waals surface area contributed by atoms with Crippen molar-refractivity contribution in [2.24, 2.45) is 0 Å². The average molecular weight is 218 g/mol. The predicted molar refractivity (Wildman–Crippen MR) is 61.1 cm³/mol. The molecule has 0 N–H and O–H groups in total. The summed E-state index contributed by atoms with van der Waals surface area (Å²) in [5.41, 5.74) is 1.18. The van der Waals surface area contributed by atoms with Gasteiger partial charge in [-0.1, -0.05) is 11.6 Å². The third-order valence-corrected chi connectivity index (χ3v) is 2.46. The normalized spacial score (nSPS) is 9.53. The number of hydrogen-bond acceptors (Lipinski definition) is 2. The van der Waals surface area contributed by atoms with Crippen LogP contribution in [0.3, 0.4) is 0 Å². The van der Waals surface area contributed by atoms with Gasteiger partial charge in [-0.05, 0) is 26.0 Å². The van der Waals surface area contributed by atoms with E-state index in [0.29, 0.717) is 13.2 Å². The first-order chi connectivity index (χ1) is 6.74. The van der Waals surface area contributed by atoms with Crippen molar-refractivity contribution >= 4 is 14.5 Å². The largest absolute Gasteiger partial charge is 1.00 e. The smallest absolute Gasteiger partial charge is 0.524 e. The van der Waals surface area contributed by atoms with Gasteiger partial charge in [-0.15, -0.1) is 0 Å². The molecule has 0 bridgehead atoms. The van der Waals surface area contributed by atoms with Crippen molar-refractivity contribution in [3.05, 3.63) is 23.8 Å². The zero-order chi connectivity index (χ0) is 10.4. The Bertz CT molecular complexity index is 292. The molecule has 0 heterocycles. The van der Waals surface area contributed by atoms with Crippen molar-refractivity contribution in [2.75, 3.05) is 19.8 Å². The van der Waals surface area contributed by atoms with Crippen LogP contribution in [0.25, 0.3) is 0 Å². The maximum atomic E-state index is 5.50. The number of aryl methyl sites for hydroxylation is 1. The Hall–Kier alpha value is 0.00740. The van der Waals surface area contributed by atoms with E-state index in [1.54, 1.807) is 0 Å². The van der Waals surface area contributed by atoms with E-state index in [2.05, 4.69) is 9.24 Å².